The molecule has 168 valence electrons. The lowest BCUT2D eigenvalue weighted by Crippen LogP contribution is -2.36. The van der Waals surface area contributed by atoms with Gasteiger partial charge in [0.15, 0.2) is 5.76 Å². The number of aryl methyl sites for hydroxylation is 1. The molecule has 3 aromatic rings. The van der Waals surface area contributed by atoms with Gasteiger partial charge in [-0.25, -0.2) is 0 Å². The first-order valence-corrected chi connectivity index (χ1v) is 11.1. The number of anilines is 1. The van der Waals surface area contributed by atoms with Crippen LogP contribution in [0.3, 0.4) is 0 Å². The molecular formula is C25H24N4O4. The first-order valence-electron chi connectivity index (χ1n) is 11.1. The van der Waals surface area contributed by atoms with Crippen molar-refractivity contribution < 1.29 is 14.1 Å². The molecule has 1 aliphatic heterocycles. The minimum Gasteiger partial charge on any atom is -0.455 e. The molecule has 0 fully saturated rings. The summed E-state index contributed by atoms with van der Waals surface area (Å²) in [6, 6.07) is 14.3. The second kappa shape index (κ2) is 8.54. The number of furan rings is 1. The van der Waals surface area contributed by atoms with Crippen LogP contribution in [0.1, 0.15) is 51.4 Å². The van der Waals surface area contributed by atoms with Crippen LogP contribution in [0.15, 0.2) is 58.0 Å². The zero-order chi connectivity index (χ0) is 22.9. The Morgan fingerprint density at radius 3 is 2.61 bits per heavy atom. The Bertz CT molecular complexity index is 1260. The van der Waals surface area contributed by atoms with Crippen LogP contribution in [0.25, 0.3) is 0 Å². The van der Waals surface area contributed by atoms with Crippen LogP contribution in [0.2, 0.25) is 0 Å². The molecule has 1 N–H and O–H groups in total. The molecule has 1 aromatic heterocycles. The van der Waals surface area contributed by atoms with Gasteiger partial charge < -0.3 is 9.32 Å². The van der Waals surface area contributed by atoms with Crippen molar-refractivity contribution in [1.82, 2.24) is 4.90 Å². The van der Waals surface area contributed by atoms with Crippen molar-refractivity contribution in [3.63, 3.8) is 0 Å². The average Bonchev–Trinajstić information content (AvgIpc) is 3.19. The fraction of sp³-hybridized carbons (Fsp3) is 0.280. The first kappa shape index (κ1) is 20.9. The highest BCUT2D eigenvalue weighted by molar-refractivity contribution is 6.06. The number of hydrazone groups is 1. The van der Waals surface area contributed by atoms with Gasteiger partial charge in [0.05, 0.1) is 16.3 Å². The van der Waals surface area contributed by atoms with Gasteiger partial charge in [-0.1, -0.05) is 24.3 Å². The molecule has 0 atom stereocenters. The van der Waals surface area contributed by atoms with Gasteiger partial charge in [0, 0.05) is 42.8 Å². The minimum atomic E-state index is -0.433. The highest BCUT2D eigenvalue weighted by atomic mass is 16.6. The summed E-state index contributed by atoms with van der Waals surface area (Å²) in [5.74, 6) is 1.10. The van der Waals surface area contributed by atoms with Gasteiger partial charge in [-0.05, 0) is 49.4 Å². The highest BCUT2D eigenvalue weighted by Crippen LogP contribution is 2.32. The molecule has 0 spiro atoms. The first-order chi connectivity index (χ1) is 16.0. The summed E-state index contributed by atoms with van der Waals surface area (Å²) in [5.41, 5.74) is 8.70. The molecule has 0 saturated carbocycles. The standard InChI is InChI=1S/C25H24N4O4/c1-16-23-21(27-26-19-9-11-20(12-10-19)29(31)32)7-4-8-22(23)33-24(16)25(30)28-14-13-17-5-2-3-6-18(17)15-28/h2-3,5-6,9-12,26H,4,7-8,13-15H2,1H3/b27-21+. The summed E-state index contributed by atoms with van der Waals surface area (Å²) < 4.78 is 6.09. The number of hydrogen-bond donors (Lipinski definition) is 1. The maximum atomic E-state index is 13.3. The zero-order valence-corrected chi connectivity index (χ0v) is 18.3. The van der Waals surface area contributed by atoms with Gasteiger partial charge in [0.25, 0.3) is 11.6 Å². The van der Waals surface area contributed by atoms with Gasteiger partial charge in [-0.15, -0.1) is 0 Å². The van der Waals surface area contributed by atoms with E-state index in [0.717, 1.165) is 48.3 Å². The number of amides is 1. The van der Waals surface area contributed by atoms with E-state index in [9.17, 15) is 14.9 Å². The Morgan fingerprint density at radius 1 is 1.09 bits per heavy atom. The lowest BCUT2D eigenvalue weighted by atomic mass is 9.93. The Morgan fingerprint density at radius 2 is 1.85 bits per heavy atom. The van der Waals surface area contributed by atoms with Crippen LogP contribution in [0.5, 0.6) is 0 Å². The lowest BCUT2D eigenvalue weighted by molar-refractivity contribution is -0.384. The Kier molecular flexibility index (Phi) is 5.42. The smallest absolute Gasteiger partial charge is 0.290 e. The molecule has 0 radical (unpaired) electrons. The number of nitrogens with zero attached hydrogens (tertiary/aromatic N) is 3. The number of rotatable bonds is 4. The Hall–Kier alpha value is -3.94. The number of benzene rings is 2. The number of carbonyl (C=O) groups is 1. The molecule has 0 bridgehead atoms. The van der Waals surface area contributed by atoms with Crippen LogP contribution in [0.4, 0.5) is 11.4 Å². The fourth-order valence-corrected chi connectivity index (χ4v) is 4.59. The highest BCUT2D eigenvalue weighted by Gasteiger charge is 2.31. The molecule has 0 unspecified atom stereocenters. The summed E-state index contributed by atoms with van der Waals surface area (Å²) in [5, 5.41) is 15.4. The maximum absolute atomic E-state index is 13.3. The summed E-state index contributed by atoms with van der Waals surface area (Å²) in [7, 11) is 0. The van der Waals surface area contributed by atoms with Crippen molar-refractivity contribution in [3.05, 3.63) is 92.4 Å². The number of hydrogen-bond acceptors (Lipinski definition) is 6. The van der Waals surface area contributed by atoms with Crippen molar-refractivity contribution in [2.45, 2.75) is 39.2 Å². The third-order valence-electron chi connectivity index (χ3n) is 6.34. The molecule has 8 heteroatoms. The normalized spacial score (nSPS) is 16.3. The van der Waals surface area contributed by atoms with Crippen LogP contribution in [-0.2, 0) is 19.4 Å². The second-order valence-electron chi connectivity index (χ2n) is 8.43. The predicted molar refractivity (Wildman–Crippen MR) is 125 cm³/mol. The number of carbonyl (C=O) groups excluding carboxylic acids is 1. The molecule has 1 amide bonds. The minimum absolute atomic E-state index is 0.0299. The molecule has 2 aliphatic rings. The van der Waals surface area contributed by atoms with Crippen LogP contribution in [0, 0.1) is 17.0 Å². The van der Waals surface area contributed by atoms with Gasteiger partial charge in [0.1, 0.15) is 5.76 Å². The monoisotopic (exact) mass is 444 g/mol. The number of nitro benzene ring substituents is 1. The van der Waals surface area contributed by atoms with Gasteiger partial charge in [-0.2, -0.15) is 5.10 Å². The molecule has 5 rings (SSSR count). The van der Waals surface area contributed by atoms with E-state index in [0.29, 0.717) is 24.5 Å². The SMILES string of the molecule is Cc1c(C(=O)N2CCc3ccccc3C2)oc2c1/C(=N/Nc1ccc([N+](=O)[O-])cc1)CCC2. The third-order valence-corrected chi connectivity index (χ3v) is 6.34. The van der Waals surface area contributed by atoms with Crippen LogP contribution >= 0.6 is 0 Å². The van der Waals surface area contributed by atoms with E-state index in [2.05, 4.69) is 22.7 Å². The molecule has 33 heavy (non-hydrogen) atoms. The van der Waals surface area contributed by atoms with Gasteiger partial charge in [-0.3, -0.25) is 20.3 Å². The van der Waals surface area contributed by atoms with Crippen molar-refractivity contribution in [3.8, 4) is 0 Å². The van der Waals surface area contributed by atoms with Crippen molar-refractivity contribution in [1.29, 1.82) is 0 Å². The van der Waals surface area contributed by atoms with Crippen molar-refractivity contribution in [2.75, 3.05) is 12.0 Å². The molecule has 2 heterocycles. The second-order valence-corrected chi connectivity index (χ2v) is 8.43. The number of nitrogens with one attached hydrogen (secondary N) is 1. The number of fused-ring (bicyclic) bond motifs is 2. The Balaban J connectivity index is 1.38. The van der Waals surface area contributed by atoms with E-state index in [1.165, 1.54) is 23.3 Å². The predicted octanol–water partition coefficient (Wildman–Crippen LogP) is 4.85. The van der Waals surface area contributed by atoms with E-state index in [1.807, 2.05) is 24.0 Å². The summed E-state index contributed by atoms with van der Waals surface area (Å²) >= 11 is 0. The molecule has 1 aliphatic carbocycles. The van der Waals surface area contributed by atoms with E-state index in [1.54, 1.807) is 12.1 Å². The van der Waals surface area contributed by atoms with E-state index in [-0.39, 0.29) is 11.6 Å². The van der Waals surface area contributed by atoms with Gasteiger partial charge >= 0.3 is 0 Å². The number of non-ortho nitro benzene ring substituents is 1. The fourth-order valence-electron chi connectivity index (χ4n) is 4.59. The zero-order valence-electron chi connectivity index (χ0n) is 18.3. The van der Waals surface area contributed by atoms with Crippen LogP contribution < -0.4 is 5.43 Å². The Labute approximate surface area is 191 Å². The molecule has 0 saturated heterocycles. The van der Waals surface area contributed by atoms with E-state index < -0.39 is 4.92 Å². The molecular weight excluding hydrogens is 420 g/mol. The molecule has 8 nitrogen and oxygen atoms in total. The lowest BCUT2D eigenvalue weighted by Gasteiger charge is -2.28. The quantitative estimate of drug-likeness (QED) is 0.458. The third kappa shape index (κ3) is 4.00. The largest absolute Gasteiger partial charge is 0.455 e. The maximum Gasteiger partial charge on any atom is 0.290 e. The van der Waals surface area contributed by atoms with Crippen molar-refractivity contribution in [2.24, 2.45) is 5.10 Å². The number of nitro groups is 1. The summed E-state index contributed by atoms with van der Waals surface area (Å²) in [6.45, 7) is 3.17. The summed E-state index contributed by atoms with van der Waals surface area (Å²) in [4.78, 5) is 25.6. The van der Waals surface area contributed by atoms with E-state index in [4.69, 9.17) is 4.42 Å². The van der Waals surface area contributed by atoms with Gasteiger partial charge in [0.2, 0.25) is 0 Å². The molecule has 2 aromatic carbocycles. The van der Waals surface area contributed by atoms with E-state index >= 15 is 0 Å². The topological polar surface area (TPSA) is 101 Å². The average molecular weight is 444 g/mol. The van der Waals surface area contributed by atoms with Crippen molar-refractivity contribution >= 4 is 23.0 Å². The summed E-state index contributed by atoms with van der Waals surface area (Å²) in [6.07, 6.45) is 3.25. The van der Waals surface area contributed by atoms with Crippen LogP contribution in [-0.4, -0.2) is 28.0 Å².